The Bertz CT molecular complexity index is 1300. The van der Waals surface area contributed by atoms with E-state index in [0.29, 0.717) is 41.2 Å². The van der Waals surface area contributed by atoms with Gasteiger partial charge in [0.15, 0.2) is 5.82 Å². The lowest BCUT2D eigenvalue weighted by Gasteiger charge is -2.11. The highest BCUT2D eigenvalue weighted by atomic mass is 19.4. The number of aromatic amines is 1. The topological polar surface area (TPSA) is 124 Å². The first kappa shape index (κ1) is 25.1. The molecule has 12 heteroatoms. The molecule has 0 bridgehead atoms. The highest BCUT2D eigenvalue weighted by Crippen LogP contribution is 2.30. The van der Waals surface area contributed by atoms with Crippen LogP contribution in [0.2, 0.25) is 0 Å². The lowest BCUT2D eigenvalue weighted by Crippen LogP contribution is -2.31. The lowest BCUT2D eigenvalue weighted by molar-refractivity contribution is -0.192. The average molecular weight is 490 g/mol. The van der Waals surface area contributed by atoms with E-state index in [-0.39, 0.29) is 11.8 Å². The third-order valence-corrected chi connectivity index (χ3v) is 4.80. The van der Waals surface area contributed by atoms with Crippen molar-refractivity contribution in [3.63, 3.8) is 0 Å². The quantitative estimate of drug-likeness (QED) is 0.326. The molecule has 2 amide bonds. The minimum absolute atomic E-state index is 0.163. The average Bonchev–Trinajstić information content (AvgIpc) is 3.25. The van der Waals surface area contributed by atoms with Crippen molar-refractivity contribution >= 4 is 23.5 Å². The van der Waals surface area contributed by atoms with Crippen LogP contribution in [0, 0.1) is 5.82 Å². The number of benzene rings is 1. The minimum Gasteiger partial charge on any atom is -0.475 e. The summed E-state index contributed by atoms with van der Waals surface area (Å²) in [6.45, 7) is 3.98. The number of nitrogens with one attached hydrogen (secondary N) is 3. The molecular formula is C23H18F4N4O4. The van der Waals surface area contributed by atoms with E-state index in [0.717, 1.165) is 17.5 Å². The Morgan fingerprint density at radius 3 is 2.51 bits per heavy atom. The van der Waals surface area contributed by atoms with Crippen molar-refractivity contribution in [2.45, 2.75) is 12.6 Å². The Labute approximate surface area is 195 Å². The Kier molecular flexibility index (Phi) is 7.33. The number of hydrogen-bond acceptors (Lipinski definition) is 4. The number of H-pyrrole nitrogens is 1. The number of fused-ring (bicyclic) bond motifs is 1. The summed E-state index contributed by atoms with van der Waals surface area (Å²) in [5.74, 6) is -3.73. The molecule has 182 valence electrons. The van der Waals surface area contributed by atoms with Crippen LogP contribution < -0.4 is 10.6 Å². The number of carbonyl (C=O) groups excluding carboxylic acids is 2. The van der Waals surface area contributed by atoms with Crippen LogP contribution in [0.3, 0.4) is 0 Å². The van der Waals surface area contributed by atoms with Crippen molar-refractivity contribution in [2.75, 3.05) is 11.9 Å². The van der Waals surface area contributed by atoms with E-state index >= 15 is 0 Å². The molecule has 3 aromatic rings. The summed E-state index contributed by atoms with van der Waals surface area (Å²) in [5.41, 5.74) is 4.04. The number of aromatic nitrogens is 2. The van der Waals surface area contributed by atoms with E-state index in [2.05, 4.69) is 27.2 Å². The van der Waals surface area contributed by atoms with Gasteiger partial charge >= 0.3 is 12.1 Å². The molecule has 0 saturated heterocycles. The summed E-state index contributed by atoms with van der Waals surface area (Å²) in [6.07, 6.45) is -2.07. The summed E-state index contributed by atoms with van der Waals surface area (Å²) in [4.78, 5) is 39.7. The van der Waals surface area contributed by atoms with Crippen molar-refractivity contribution in [3.8, 4) is 22.5 Å². The van der Waals surface area contributed by atoms with E-state index in [1.165, 1.54) is 6.08 Å². The number of aliphatic carboxylic acids is 1. The fourth-order valence-electron chi connectivity index (χ4n) is 3.19. The normalized spacial score (nSPS) is 12.5. The number of carboxylic acids is 1. The van der Waals surface area contributed by atoms with Crippen molar-refractivity contribution in [1.82, 2.24) is 15.3 Å². The fourth-order valence-corrected chi connectivity index (χ4v) is 3.19. The minimum atomic E-state index is -5.08. The number of alkyl halides is 3. The second-order valence-corrected chi connectivity index (χ2v) is 7.21. The SMILES string of the molecule is C=CC(=O)Nc1cccc(-c2cc(-c3cc4c([nH]3)CCNC4=O)c(F)cn2)c1.O=C(O)C(F)(F)F. The first-order chi connectivity index (χ1) is 16.5. The first-order valence-corrected chi connectivity index (χ1v) is 9.99. The van der Waals surface area contributed by atoms with E-state index < -0.39 is 18.0 Å². The summed E-state index contributed by atoms with van der Waals surface area (Å²) >= 11 is 0. The molecule has 1 aliphatic heterocycles. The summed E-state index contributed by atoms with van der Waals surface area (Å²) < 4.78 is 46.2. The molecule has 1 aromatic carbocycles. The zero-order valence-electron chi connectivity index (χ0n) is 17.9. The molecule has 4 rings (SSSR count). The second-order valence-electron chi connectivity index (χ2n) is 7.21. The van der Waals surface area contributed by atoms with Crippen LogP contribution in [0.4, 0.5) is 23.2 Å². The molecule has 4 N–H and O–H groups in total. The van der Waals surface area contributed by atoms with Crippen LogP contribution in [-0.2, 0) is 16.0 Å². The molecule has 0 fully saturated rings. The van der Waals surface area contributed by atoms with E-state index in [1.807, 2.05) is 6.07 Å². The summed E-state index contributed by atoms with van der Waals surface area (Å²) in [6, 6.07) is 10.4. The highest BCUT2D eigenvalue weighted by molar-refractivity contribution is 5.99. The lowest BCUT2D eigenvalue weighted by atomic mass is 10.1. The van der Waals surface area contributed by atoms with Gasteiger partial charge in [-0.05, 0) is 30.3 Å². The van der Waals surface area contributed by atoms with Gasteiger partial charge in [-0.25, -0.2) is 9.18 Å². The number of anilines is 1. The van der Waals surface area contributed by atoms with Gasteiger partial charge in [0, 0.05) is 41.2 Å². The van der Waals surface area contributed by atoms with Crippen molar-refractivity contribution in [2.24, 2.45) is 0 Å². The Hall–Kier alpha value is -4.48. The highest BCUT2D eigenvalue weighted by Gasteiger charge is 2.38. The third-order valence-electron chi connectivity index (χ3n) is 4.80. The Morgan fingerprint density at radius 1 is 1.17 bits per heavy atom. The molecule has 0 saturated carbocycles. The van der Waals surface area contributed by atoms with Gasteiger partial charge in [-0.3, -0.25) is 14.6 Å². The van der Waals surface area contributed by atoms with Gasteiger partial charge in [-0.2, -0.15) is 13.2 Å². The van der Waals surface area contributed by atoms with Crippen LogP contribution in [0.5, 0.6) is 0 Å². The number of carboxylic acid groups (broad SMARTS) is 1. The van der Waals surface area contributed by atoms with Gasteiger partial charge in [-0.15, -0.1) is 0 Å². The van der Waals surface area contributed by atoms with E-state index in [4.69, 9.17) is 9.90 Å². The number of hydrogen-bond donors (Lipinski definition) is 4. The Morgan fingerprint density at radius 2 is 1.89 bits per heavy atom. The van der Waals surface area contributed by atoms with Gasteiger partial charge in [0.1, 0.15) is 0 Å². The number of rotatable bonds is 4. The van der Waals surface area contributed by atoms with Crippen LogP contribution in [0.25, 0.3) is 22.5 Å². The molecule has 0 atom stereocenters. The van der Waals surface area contributed by atoms with Crippen molar-refractivity contribution < 1.29 is 37.1 Å². The summed E-state index contributed by atoms with van der Waals surface area (Å²) in [5, 5.41) is 12.6. The number of halogens is 4. The van der Waals surface area contributed by atoms with Crippen molar-refractivity contribution in [1.29, 1.82) is 0 Å². The van der Waals surface area contributed by atoms with Gasteiger partial charge in [-0.1, -0.05) is 18.7 Å². The van der Waals surface area contributed by atoms with Gasteiger partial charge in [0.2, 0.25) is 5.91 Å². The number of carbonyl (C=O) groups is 3. The molecule has 8 nitrogen and oxygen atoms in total. The summed E-state index contributed by atoms with van der Waals surface area (Å²) in [7, 11) is 0. The van der Waals surface area contributed by atoms with Crippen molar-refractivity contribution in [3.05, 3.63) is 72.3 Å². The van der Waals surface area contributed by atoms with E-state index in [9.17, 15) is 27.2 Å². The molecule has 35 heavy (non-hydrogen) atoms. The maximum absolute atomic E-state index is 14.5. The predicted octanol–water partition coefficient (Wildman–Crippen LogP) is 3.93. The second kappa shape index (κ2) is 10.2. The molecule has 0 radical (unpaired) electrons. The monoisotopic (exact) mass is 490 g/mol. The maximum Gasteiger partial charge on any atom is 0.490 e. The number of amides is 2. The van der Waals surface area contributed by atoms with Gasteiger partial charge in [0.25, 0.3) is 5.91 Å². The molecule has 0 spiro atoms. The number of nitrogens with zero attached hydrogens (tertiary/aromatic N) is 1. The van der Waals surface area contributed by atoms with E-state index in [1.54, 1.807) is 30.3 Å². The number of pyridine rings is 1. The van der Waals surface area contributed by atoms with Gasteiger partial charge in [0.05, 0.1) is 17.5 Å². The third kappa shape index (κ3) is 6.10. The molecular weight excluding hydrogens is 472 g/mol. The van der Waals surface area contributed by atoms with Crippen LogP contribution in [0.15, 0.2) is 55.3 Å². The Balaban J connectivity index is 0.000000429. The van der Waals surface area contributed by atoms with Crippen LogP contribution in [-0.4, -0.2) is 45.6 Å². The fraction of sp³-hybridized carbons (Fsp3) is 0.130. The molecule has 3 heterocycles. The zero-order chi connectivity index (χ0) is 25.8. The molecule has 0 unspecified atom stereocenters. The molecule has 1 aliphatic rings. The standard InChI is InChI=1S/C21H17FN4O2.C2HF3O2/c1-2-20(27)25-13-5-3-4-12(8-13)18-9-14(16(22)11-24-18)19-10-15-17(26-19)6-7-23-21(15)28;3-2(4,5)1(6)7/h2-5,8-11,26H,1,6-7H2,(H,23,28)(H,25,27);(H,6,7). The van der Waals surface area contributed by atoms with Gasteiger partial charge < -0.3 is 20.7 Å². The maximum atomic E-state index is 14.5. The largest absolute Gasteiger partial charge is 0.490 e. The van der Waals surface area contributed by atoms with Crippen LogP contribution in [0.1, 0.15) is 16.1 Å². The predicted molar refractivity (Wildman–Crippen MR) is 118 cm³/mol. The van der Waals surface area contributed by atoms with Crippen LogP contribution >= 0.6 is 0 Å². The smallest absolute Gasteiger partial charge is 0.475 e. The molecule has 2 aromatic heterocycles. The zero-order valence-corrected chi connectivity index (χ0v) is 17.9. The molecule has 0 aliphatic carbocycles. The first-order valence-electron chi connectivity index (χ1n) is 9.99.